The number of nitrogens with one attached hydrogen (secondary N) is 4. The molecule has 0 saturated carbocycles. The summed E-state index contributed by atoms with van der Waals surface area (Å²) in [6, 6.07) is 8.62. The second-order valence-corrected chi connectivity index (χ2v) is 14.3. The predicted octanol–water partition coefficient (Wildman–Crippen LogP) is 4.64. The summed E-state index contributed by atoms with van der Waals surface area (Å²) in [4.78, 5) is 35.8. The average molecular weight is 639 g/mol. The van der Waals surface area contributed by atoms with Gasteiger partial charge in [0.25, 0.3) is 10.1 Å². The molecule has 2 aliphatic heterocycles. The topological polar surface area (TPSA) is 143 Å². The van der Waals surface area contributed by atoms with Crippen molar-refractivity contribution in [1.82, 2.24) is 21.3 Å². The molecular formula is C31H50N4O6S2. The van der Waals surface area contributed by atoms with Crippen LogP contribution < -0.4 is 21.3 Å². The highest BCUT2D eigenvalue weighted by Crippen LogP contribution is 2.33. The molecule has 2 saturated heterocycles. The lowest BCUT2D eigenvalue weighted by Gasteiger charge is -2.16. The fourth-order valence-electron chi connectivity index (χ4n) is 5.43. The second-order valence-electron chi connectivity index (χ2n) is 11.4. The molecule has 12 heteroatoms. The van der Waals surface area contributed by atoms with Crippen molar-refractivity contribution in [2.75, 3.05) is 25.4 Å². The van der Waals surface area contributed by atoms with Crippen LogP contribution in [-0.4, -0.2) is 69.0 Å². The van der Waals surface area contributed by atoms with E-state index >= 15 is 0 Å². The molecule has 1 aromatic carbocycles. The molecule has 43 heavy (non-hydrogen) atoms. The van der Waals surface area contributed by atoms with Gasteiger partial charge in [0.2, 0.25) is 11.8 Å². The normalized spacial score (nSPS) is 19.4. The van der Waals surface area contributed by atoms with Gasteiger partial charge in [-0.25, -0.2) is 4.79 Å². The summed E-state index contributed by atoms with van der Waals surface area (Å²) in [7, 11) is -3.66. The molecule has 2 heterocycles. The number of rotatable bonds is 23. The van der Waals surface area contributed by atoms with E-state index in [1.54, 1.807) is 18.2 Å². The number of carbonyl (C=O) groups is 3. The van der Waals surface area contributed by atoms with E-state index in [4.69, 9.17) is 4.18 Å². The fourth-order valence-corrected chi connectivity index (χ4v) is 7.94. The van der Waals surface area contributed by atoms with Crippen molar-refractivity contribution in [2.24, 2.45) is 0 Å². The van der Waals surface area contributed by atoms with E-state index in [0.29, 0.717) is 37.6 Å². The van der Waals surface area contributed by atoms with Crippen LogP contribution in [-0.2, 0) is 23.9 Å². The van der Waals surface area contributed by atoms with E-state index in [-0.39, 0.29) is 41.4 Å². The molecule has 0 aliphatic carbocycles. The molecule has 0 bridgehead atoms. The van der Waals surface area contributed by atoms with Crippen molar-refractivity contribution >= 4 is 39.7 Å². The third-order valence-corrected chi connectivity index (χ3v) is 10.7. The number of hydrogen-bond donors (Lipinski definition) is 4. The first-order valence-electron chi connectivity index (χ1n) is 16.0. The summed E-state index contributed by atoms with van der Waals surface area (Å²) >= 11 is 1.91. The molecular weight excluding hydrogens is 588 g/mol. The molecule has 2 fully saturated rings. The Kier molecular flexibility index (Phi) is 16.2. The van der Waals surface area contributed by atoms with Crippen LogP contribution in [0.25, 0.3) is 0 Å². The summed E-state index contributed by atoms with van der Waals surface area (Å²) in [6.45, 7) is 1.55. The molecule has 4 N–H and O–H groups in total. The average Bonchev–Trinajstić information content (AvgIpc) is 3.55. The van der Waals surface area contributed by atoms with Crippen molar-refractivity contribution < 1.29 is 27.0 Å². The van der Waals surface area contributed by atoms with Crippen LogP contribution in [0, 0.1) is 0 Å². The number of amides is 4. The number of carbonyl (C=O) groups excluding carboxylic acids is 3. The van der Waals surface area contributed by atoms with Crippen LogP contribution >= 0.6 is 11.8 Å². The highest BCUT2D eigenvalue weighted by molar-refractivity contribution is 8.00. The SMILES string of the molecule is O=C(CCCCCCCCCOS(=O)(=O)c1ccccc1)NCCCCCNC(=O)CCCC[C@@H]1SC[C@@H]2NC(=O)N[C@@H]21. The Morgan fingerprint density at radius 3 is 2.05 bits per heavy atom. The van der Waals surface area contributed by atoms with Gasteiger partial charge in [-0.05, 0) is 57.1 Å². The van der Waals surface area contributed by atoms with E-state index in [9.17, 15) is 22.8 Å². The number of hydrogen-bond acceptors (Lipinski definition) is 7. The summed E-state index contributed by atoms with van der Waals surface area (Å²) in [5.74, 6) is 1.17. The van der Waals surface area contributed by atoms with Crippen LogP contribution in [0.1, 0.15) is 96.3 Å². The molecule has 3 atom stereocenters. The third kappa shape index (κ3) is 13.9. The quantitative estimate of drug-likeness (QED) is 0.0777. The lowest BCUT2D eigenvalue weighted by molar-refractivity contribution is -0.121. The van der Waals surface area contributed by atoms with Crippen molar-refractivity contribution in [3.63, 3.8) is 0 Å². The van der Waals surface area contributed by atoms with Gasteiger partial charge >= 0.3 is 6.03 Å². The Labute approximate surface area is 261 Å². The molecule has 242 valence electrons. The molecule has 0 spiro atoms. The van der Waals surface area contributed by atoms with Gasteiger partial charge in [0, 0.05) is 36.9 Å². The molecule has 1 aromatic rings. The summed E-state index contributed by atoms with van der Waals surface area (Å²) in [5, 5.41) is 12.4. The summed E-state index contributed by atoms with van der Waals surface area (Å²) < 4.78 is 29.2. The lowest BCUT2D eigenvalue weighted by atomic mass is 10.0. The van der Waals surface area contributed by atoms with Crippen LogP contribution in [0.4, 0.5) is 4.79 Å². The number of benzene rings is 1. The Morgan fingerprint density at radius 1 is 0.791 bits per heavy atom. The minimum Gasteiger partial charge on any atom is -0.356 e. The number of unbranched alkanes of at least 4 members (excludes halogenated alkanes) is 9. The maximum atomic E-state index is 12.1. The van der Waals surface area contributed by atoms with Gasteiger partial charge in [0.15, 0.2) is 0 Å². The van der Waals surface area contributed by atoms with E-state index in [1.165, 1.54) is 12.1 Å². The molecule has 10 nitrogen and oxygen atoms in total. The van der Waals surface area contributed by atoms with Gasteiger partial charge in [-0.3, -0.25) is 13.8 Å². The molecule has 4 amide bonds. The Balaban J connectivity index is 1.03. The lowest BCUT2D eigenvalue weighted by Crippen LogP contribution is -2.36. The van der Waals surface area contributed by atoms with Gasteiger partial charge in [-0.2, -0.15) is 20.2 Å². The van der Waals surface area contributed by atoms with Gasteiger partial charge in [0.05, 0.1) is 23.6 Å². The highest BCUT2D eigenvalue weighted by atomic mass is 32.2. The van der Waals surface area contributed by atoms with Gasteiger partial charge in [-0.15, -0.1) is 0 Å². The number of fused-ring (bicyclic) bond motifs is 1. The zero-order valence-electron chi connectivity index (χ0n) is 25.3. The van der Waals surface area contributed by atoms with Crippen molar-refractivity contribution in [3.05, 3.63) is 30.3 Å². The highest BCUT2D eigenvalue weighted by Gasteiger charge is 2.42. The van der Waals surface area contributed by atoms with E-state index < -0.39 is 10.1 Å². The fraction of sp³-hybridized carbons (Fsp3) is 0.710. The van der Waals surface area contributed by atoms with Crippen LogP contribution in [0.2, 0.25) is 0 Å². The van der Waals surface area contributed by atoms with Gasteiger partial charge < -0.3 is 21.3 Å². The Bertz CT molecular complexity index is 1090. The molecule has 3 rings (SSSR count). The van der Waals surface area contributed by atoms with E-state index in [0.717, 1.165) is 82.8 Å². The number of urea groups is 1. The zero-order valence-corrected chi connectivity index (χ0v) is 27.0. The first-order valence-corrected chi connectivity index (χ1v) is 18.5. The third-order valence-electron chi connectivity index (χ3n) is 7.90. The first kappa shape index (κ1) is 35.2. The van der Waals surface area contributed by atoms with Crippen molar-refractivity contribution in [2.45, 2.75) is 119 Å². The van der Waals surface area contributed by atoms with Crippen molar-refractivity contribution in [3.8, 4) is 0 Å². The largest absolute Gasteiger partial charge is 0.356 e. The molecule has 2 aliphatic rings. The maximum absolute atomic E-state index is 12.1. The summed E-state index contributed by atoms with van der Waals surface area (Å²) in [5.41, 5.74) is 0. The minimum absolute atomic E-state index is 0.0564. The van der Waals surface area contributed by atoms with Gasteiger partial charge in [0.1, 0.15) is 0 Å². The van der Waals surface area contributed by atoms with Crippen LogP contribution in [0.3, 0.4) is 0 Å². The minimum atomic E-state index is -3.66. The maximum Gasteiger partial charge on any atom is 0.315 e. The zero-order chi connectivity index (χ0) is 30.8. The Hall–Kier alpha value is -2.31. The van der Waals surface area contributed by atoms with Gasteiger partial charge in [-0.1, -0.05) is 56.7 Å². The molecule has 0 aromatic heterocycles. The molecule has 0 radical (unpaired) electrons. The smallest absolute Gasteiger partial charge is 0.315 e. The van der Waals surface area contributed by atoms with Crippen LogP contribution in [0.15, 0.2) is 35.2 Å². The van der Waals surface area contributed by atoms with E-state index in [1.807, 2.05) is 11.8 Å². The Morgan fingerprint density at radius 2 is 1.37 bits per heavy atom. The monoisotopic (exact) mass is 638 g/mol. The summed E-state index contributed by atoms with van der Waals surface area (Å²) in [6.07, 6.45) is 13.5. The van der Waals surface area contributed by atoms with E-state index in [2.05, 4.69) is 21.3 Å². The van der Waals surface area contributed by atoms with Crippen LogP contribution in [0.5, 0.6) is 0 Å². The van der Waals surface area contributed by atoms with Crippen molar-refractivity contribution in [1.29, 1.82) is 0 Å². The molecule has 0 unspecified atom stereocenters. The number of thioether (sulfide) groups is 1. The predicted molar refractivity (Wildman–Crippen MR) is 170 cm³/mol. The standard InChI is InChI=1S/C31H50N4O6S2/c36-28(19-10-4-2-1-3-5-15-23-41-43(39,40)25-16-8-6-9-17-25)32-21-13-7-14-22-33-29(37)20-12-11-18-27-30-26(24-42-27)34-31(38)35-30/h6,8-9,16-17,26-27,30H,1-5,7,10-15,18-24H2,(H,32,36)(H,33,37)(H2,34,35,38)/t26-,27-,30-/m0/s1. The second kappa shape index (κ2) is 19.9. The first-order chi connectivity index (χ1) is 20.8.